The van der Waals surface area contributed by atoms with Crippen LogP contribution in [0.25, 0.3) is 0 Å². The second kappa shape index (κ2) is 43.8. The highest BCUT2D eigenvalue weighted by Gasteiger charge is 2.14. The van der Waals surface area contributed by atoms with Crippen molar-refractivity contribution in [2.45, 2.75) is 270 Å². The Bertz CT molecular complexity index is 787. The summed E-state index contributed by atoms with van der Waals surface area (Å²) in [6.45, 7) is 4.54. The first kappa shape index (κ1) is 50.4. The van der Waals surface area contributed by atoms with Crippen molar-refractivity contribution in [3.8, 4) is 0 Å². The number of rotatable bonds is 43. The molecule has 4 heteroatoms. The van der Waals surface area contributed by atoms with Crippen LogP contribution in [-0.4, -0.2) is 23.1 Å². The van der Waals surface area contributed by atoms with E-state index in [1.165, 1.54) is 186 Å². The van der Waals surface area contributed by atoms with Gasteiger partial charge in [-0.1, -0.05) is 205 Å². The summed E-state index contributed by atoms with van der Waals surface area (Å²) in [6.07, 6.45) is 56.6. The van der Waals surface area contributed by atoms with Crippen LogP contribution >= 0.6 is 0 Å². The van der Waals surface area contributed by atoms with Crippen molar-refractivity contribution >= 4 is 11.9 Å². The van der Waals surface area contributed by atoms with Crippen LogP contribution in [0.4, 0.5) is 0 Å². The van der Waals surface area contributed by atoms with Crippen LogP contribution in [0.15, 0.2) is 24.3 Å². The number of ether oxygens (including phenoxy) is 1. The van der Waals surface area contributed by atoms with Gasteiger partial charge in [0.2, 0.25) is 0 Å². The van der Waals surface area contributed by atoms with Crippen LogP contribution in [0.3, 0.4) is 0 Å². The van der Waals surface area contributed by atoms with E-state index in [-0.39, 0.29) is 12.1 Å². The maximum absolute atomic E-state index is 12.8. The number of unbranched alkanes of at least 4 members (excludes halogenated alkanes) is 30. The molecule has 0 aliphatic carbocycles. The predicted molar refractivity (Wildman–Crippen MR) is 227 cm³/mol. The highest BCUT2D eigenvalue weighted by Crippen LogP contribution is 2.19. The molecule has 0 aliphatic heterocycles. The Balaban J connectivity index is 3.91. The number of hydrogen-bond donors (Lipinski definition) is 1. The van der Waals surface area contributed by atoms with Crippen LogP contribution in [-0.2, 0) is 14.3 Å². The van der Waals surface area contributed by atoms with Crippen LogP contribution in [0.2, 0.25) is 0 Å². The van der Waals surface area contributed by atoms with E-state index in [0.29, 0.717) is 12.8 Å². The molecular formula is C48H90O4. The number of carboxylic acid groups (broad SMARTS) is 1. The number of carboxylic acids is 1. The maximum atomic E-state index is 12.8. The molecule has 1 unspecified atom stereocenters. The third-order valence-electron chi connectivity index (χ3n) is 10.7. The molecule has 306 valence electrons. The molecule has 52 heavy (non-hydrogen) atoms. The Morgan fingerprint density at radius 2 is 0.750 bits per heavy atom. The normalized spacial score (nSPS) is 12.3. The SMILES string of the molecule is CCCCC/C=C\C/C=C\CCCCCCCCCCCCCC(=O)OC(CCCCCCCCCC)CCCCCCCCCCCCC(=O)O. The van der Waals surface area contributed by atoms with E-state index in [4.69, 9.17) is 9.84 Å². The summed E-state index contributed by atoms with van der Waals surface area (Å²) in [5.74, 6) is -0.632. The minimum atomic E-state index is -0.672. The van der Waals surface area contributed by atoms with Gasteiger partial charge in [-0.05, 0) is 70.6 Å². The Morgan fingerprint density at radius 1 is 0.423 bits per heavy atom. The van der Waals surface area contributed by atoms with Crippen molar-refractivity contribution in [2.24, 2.45) is 0 Å². The van der Waals surface area contributed by atoms with Gasteiger partial charge in [0.15, 0.2) is 0 Å². The summed E-state index contributed by atoms with van der Waals surface area (Å²) >= 11 is 0. The highest BCUT2D eigenvalue weighted by molar-refractivity contribution is 5.69. The topological polar surface area (TPSA) is 63.6 Å². The van der Waals surface area contributed by atoms with Crippen molar-refractivity contribution in [1.29, 1.82) is 0 Å². The molecule has 0 spiro atoms. The van der Waals surface area contributed by atoms with E-state index in [1.54, 1.807) is 0 Å². The molecule has 0 heterocycles. The van der Waals surface area contributed by atoms with E-state index in [0.717, 1.165) is 51.4 Å². The van der Waals surface area contributed by atoms with Gasteiger partial charge in [-0.15, -0.1) is 0 Å². The van der Waals surface area contributed by atoms with Gasteiger partial charge in [-0.2, -0.15) is 0 Å². The lowest BCUT2D eigenvalue weighted by Gasteiger charge is -2.18. The van der Waals surface area contributed by atoms with Gasteiger partial charge in [-0.3, -0.25) is 9.59 Å². The molecule has 0 saturated carbocycles. The highest BCUT2D eigenvalue weighted by atomic mass is 16.5. The molecule has 0 bridgehead atoms. The lowest BCUT2D eigenvalue weighted by atomic mass is 10.0. The molecule has 0 rings (SSSR count). The van der Waals surface area contributed by atoms with Crippen LogP contribution in [0.5, 0.6) is 0 Å². The van der Waals surface area contributed by atoms with Crippen molar-refractivity contribution in [1.82, 2.24) is 0 Å². The van der Waals surface area contributed by atoms with E-state index in [1.807, 2.05) is 0 Å². The summed E-state index contributed by atoms with van der Waals surface area (Å²) in [6, 6.07) is 0. The van der Waals surface area contributed by atoms with Crippen molar-refractivity contribution in [3.05, 3.63) is 24.3 Å². The summed E-state index contributed by atoms with van der Waals surface area (Å²) in [5, 5.41) is 8.74. The largest absolute Gasteiger partial charge is 0.481 e. The zero-order valence-corrected chi connectivity index (χ0v) is 35.1. The molecule has 0 amide bonds. The first-order valence-electron chi connectivity index (χ1n) is 23.3. The van der Waals surface area contributed by atoms with Gasteiger partial charge >= 0.3 is 11.9 Å². The number of allylic oxidation sites excluding steroid dienone is 4. The summed E-state index contributed by atoms with van der Waals surface area (Å²) in [4.78, 5) is 23.4. The molecule has 0 fully saturated rings. The Kier molecular flexibility index (Phi) is 42.5. The van der Waals surface area contributed by atoms with Crippen molar-refractivity contribution in [3.63, 3.8) is 0 Å². The minimum absolute atomic E-state index is 0.0399. The Morgan fingerprint density at radius 3 is 1.17 bits per heavy atom. The van der Waals surface area contributed by atoms with Crippen LogP contribution in [0, 0.1) is 0 Å². The number of hydrogen-bond acceptors (Lipinski definition) is 3. The minimum Gasteiger partial charge on any atom is -0.481 e. The average molecular weight is 731 g/mol. The number of carbonyl (C=O) groups is 2. The monoisotopic (exact) mass is 731 g/mol. The molecule has 0 aromatic rings. The quantitative estimate of drug-likeness (QED) is 0.0385. The van der Waals surface area contributed by atoms with E-state index in [2.05, 4.69) is 38.2 Å². The maximum Gasteiger partial charge on any atom is 0.306 e. The van der Waals surface area contributed by atoms with Gasteiger partial charge in [0, 0.05) is 12.8 Å². The molecule has 4 nitrogen and oxygen atoms in total. The smallest absolute Gasteiger partial charge is 0.306 e. The zero-order chi connectivity index (χ0) is 37.8. The lowest BCUT2D eigenvalue weighted by molar-refractivity contribution is -0.150. The van der Waals surface area contributed by atoms with E-state index in [9.17, 15) is 9.59 Å². The van der Waals surface area contributed by atoms with Gasteiger partial charge < -0.3 is 9.84 Å². The second-order valence-corrected chi connectivity index (χ2v) is 15.9. The van der Waals surface area contributed by atoms with Gasteiger partial charge in [-0.25, -0.2) is 0 Å². The van der Waals surface area contributed by atoms with Crippen molar-refractivity contribution < 1.29 is 19.4 Å². The molecule has 0 saturated heterocycles. The van der Waals surface area contributed by atoms with Gasteiger partial charge in [0.25, 0.3) is 0 Å². The number of esters is 1. The second-order valence-electron chi connectivity index (χ2n) is 15.9. The predicted octanol–water partition coefficient (Wildman–Crippen LogP) is 16.3. The third kappa shape index (κ3) is 42.8. The molecule has 1 N–H and O–H groups in total. The molecule has 0 aliphatic rings. The molecule has 0 aromatic heterocycles. The molecule has 0 radical (unpaired) electrons. The standard InChI is InChI=1S/C48H90O4/c1-3-5-7-9-11-13-14-15-16-17-18-19-20-21-22-23-24-29-33-37-41-45-48(51)52-46(42-38-34-30-12-10-8-6-4-2)43-39-35-31-27-25-26-28-32-36-40-44-47(49)50/h11,13,15-16,46H,3-10,12,14,17-45H2,1-2H3,(H,49,50)/b13-11-,16-15-. The fourth-order valence-corrected chi connectivity index (χ4v) is 7.22. The lowest BCUT2D eigenvalue weighted by Crippen LogP contribution is -2.18. The first-order chi connectivity index (χ1) is 25.6. The van der Waals surface area contributed by atoms with Gasteiger partial charge in [0.05, 0.1) is 0 Å². The zero-order valence-electron chi connectivity index (χ0n) is 35.1. The molecule has 0 aromatic carbocycles. The fourth-order valence-electron chi connectivity index (χ4n) is 7.22. The van der Waals surface area contributed by atoms with Crippen molar-refractivity contribution in [2.75, 3.05) is 0 Å². The van der Waals surface area contributed by atoms with Crippen LogP contribution in [0.1, 0.15) is 264 Å². The summed E-state index contributed by atoms with van der Waals surface area (Å²) in [7, 11) is 0. The van der Waals surface area contributed by atoms with Crippen LogP contribution < -0.4 is 0 Å². The van der Waals surface area contributed by atoms with E-state index >= 15 is 0 Å². The third-order valence-corrected chi connectivity index (χ3v) is 10.7. The Hall–Kier alpha value is -1.58. The van der Waals surface area contributed by atoms with Gasteiger partial charge in [0.1, 0.15) is 6.10 Å². The fraction of sp³-hybridized carbons (Fsp3) is 0.875. The average Bonchev–Trinajstić information content (AvgIpc) is 3.13. The summed E-state index contributed by atoms with van der Waals surface area (Å²) < 4.78 is 6.08. The first-order valence-corrected chi connectivity index (χ1v) is 23.3. The van der Waals surface area contributed by atoms with E-state index < -0.39 is 5.97 Å². The molecular weight excluding hydrogens is 641 g/mol. The summed E-state index contributed by atoms with van der Waals surface area (Å²) in [5.41, 5.74) is 0. The number of aliphatic carboxylic acids is 1. The molecule has 1 atom stereocenters. The number of carbonyl (C=O) groups excluding carboxylic acids is 1. The Labute approximate surface area is 325 Å².